The zero-order chi connectivity index (χ0) is 16.5. The topological polar surface area (TPSA) is 74.4 Å². The number of nitrogens with two attached hydrogens (primary N) is 1. The Kier molecular flexibility index (Phi) is 6.38. The molecule has 1 heterocycles. The van der Waals surface area contributed by atoms with Gasteiger partial charge in [0.25, 0.3) is 6.47 Å². The second-order valence-corrected chi connectivity index (χ2v) is 3.96. The molecule has 0 amide bonds. The van der Waals surface area contributed by atoms with Gasteiger partial charge in [0, 0.05) is 11.1 Å². The van der Waals surface area contributed by atoms with Crippen molar-refractivity contribution < 1.29 is 18.7 Å². The minimum absolute atomic E-state index is 0.0523. The Labute approximate surface area is 127 Å². The Morgan fingerprint density at radius 2 is 1.91 bits per heavy atom. The summed E-state index contributed by atoms with van der Waals surface area (Å²) in [6, 6.07) is 6.84. The highest BCUT2D eigenvalue weighted by molar-refractivity contribution is 5.68. The highest BCUT2D eigenvalue weighted by atomic mass is 19.1. The molecule has 0 saturated heterocycles. The Balaban J connectivity index is 0.000000541. The van der Waals surface area contributed by atoms with E-state index in [2.05, 4.69) is 15.6 Å². The molecule has 0 aliphatic carbocycles. The van der Waals surface area contributed by atoms with E-state index in [4.69, 9.17) is 21.7 Å². The molecule has 1 aromatic heterocycles. The maximum absolute atomic E-state index is 14.0. The number of carbonyl (C=O) groups excluding carboxylic acids is 1. The first-order chi connectivity index (χ1) is 10.6. The zero-order valence-corrected chi connectivity index (χ0v) is 12.2. The molecule has 6 heteroatoms. The molecule has 0 aliphatic rings. The first kappa shape index (κ1) is 17.0. The van der Waals surface area contributed by atoms with Crippen LogP contribution in [0.5, 0.6) is 5.75 Å². The van der Waals surface area contributed by atoms with Crippen molar-refractivity contribution in [2.24, 2.45) is 0 Å². The average Bonchev–Trinajstić information content (AvgIpc) is 2.57. The molecule has 2 N–H and O–H groups in total. The minimum atomic E-state index is -0.595. The van der Waals surface area contributed by atoms with Gasteiger partial charge in [-0.15, -0.1) is 6.42 Å². The van der Waals surface area contributed by atoms with Crippen LogP contribution in [0.4, 0.5) is 10.1 Å². The standard InChI is InChI=1S/C14H11FN2O.C2H4O2/c1-3-9-4-6-10(7-5-9)14-12(15)13(16)11(18-2)8-17-14;1-4-2-3/h1,4-8H,2H3,(H2,16,17);2H,1H3. The smallest absolute Gasteiger partial charge is 0.292 e. The number of hydrogen-bond acceptors (Lipinski definition) is 5. The molecule has 1 aromatic carbocycles. The van der Waals surface area contributed by atoms with E-state index in [9.17, 15) is 4.39 Å². The van der Waals surface area contributed by atoms with Crippen molar-refractivity contribution in [1.29, 1.82) is 0 Å². The number of terminal acetylenes is 1. The average molecular weight is 302 g/mol. The van der Waals surface area contributed by atoms with Crippen LogP contribution in [0.15, 0.2) is 30.5 Å². The molecule has 0 bridgehead atoms. The van der Waals surface area contributed by atoms with Gasteiger partial charge in [-0.25, -0.2) is 9.37 Å². The highest BCUT2D eigenvalue weighted by Gasteiger charge is 2.14. The van der Waals surface area contributed by atoms with Crippen LogP contribution in [0.3, 0.4) is 0 Å². The minimum Gasteiger partial charge on any atom is -0.493 e. The number of hydrogen-bond donors (Lipinski definition) is 1. The molecular weight excluding hydrogens is 287 g/mol. The van der Waals surface area contributed by atoms with E-state index in [-0.39, 0.29) is 17.1 Å². The van der Waals surface area contributed by atoms with Crippen LogP contribution >= 0.6 is 0 Å². The first-order valence-electron chi connectivity index (χ1n) is 6.10. The van der Waals surface area contributed by atoms with E-state index in [0.717, 1.165) is 5.56 Å². The van der Waals surface area contributed by atoms with Gasteiger partial charge in [0.2, 0.25) is 0 Å². The van der Waals surface area contributed by atoms with Gasteiger partial charge in [-0.3, -0.25) is 4.79 Å². The molecule has 114 valence electrons. The lowest BCUT2D eigenvalue weighted by Gasteiger charge is -2.08. The fraction of sp³-hybridized carbons (Fsp3) is 0.125. The van der Waals surface area contributed by atoms with E-state index in [1.54, 1.807) is 24.3 Å². The molecule has 2 aromatic rings. The summed E-state index contributed by atoms with van der Waals surface area (Å²) in [5.41, 5.74) is 7.08. The van der Waals surface area contributed by atoms with Gasteiger partial charge in [0.1, 0.15) is 11.4 Å². The van der Waals surface area contributed by atoms with Gasteiger partial charge in [-0.1, -0.05) is 18.1 Å². The van der Waals surface area contributed by atoms with Crippen LogP contribution in [0.2, 0.25) is 0 Å². The largest absolute Gasteiger partial charge is 0.493 e. The summed E-state index contributed by atoms with van der Waals surface area (Å²) < 4.78 is 22.8. The predicted octanol–water partition coefficient (Wildman–Crippen LogP) is 2.25. The van der Waals surface area contributed by atoms with E-state index in [1.807, 2.05) is 0 Å². The number of halogens is 1. The monoisotopic (exact) mass is 302 g/mol. The lowest BCUT2D eigenvalue weighted by Crippen LogP contribution is -2.00. The number of methoxy groups -OCH3 is 2. The summed E-state index contributed by atoms with van der Waals surface area (Å²) in [6.45, 7) is 0.375. The SMILES string of the molecule is C#Cc1ccc(-c2ncc(OC)c(N)c2F)cc1.COC=O. The van der Waals surface area contributed by atoms with Crippen LogP contribution in [-0.4, -0.2) is 25.7 Å². The third kappa shape index (κ3) is 3.96. The van der Waals surface area contributed by atoms with Crippen molar-refractivity contribution in [3.8, 4) is 29.4 Å². The lowest BCUT2D eigenvalue weighted by molar-refractivity contribution is -0.126. The molecule has 0 saturated carbocycles. The van der Waals surface area contributed by atoms with E-state index in [0.29, 0.717) is 12.0 Å². The third-order valence-corrected chi connectivity index (χ3v) is 2.66. The van der Waals surface area contributed by atoms with Gasteiger partial charge >= 0.3 is 0 Å². The van der Waals surface area contributed by atoms with Crippen LogP contribution < -0.4 is 10.5 Å². The number of nitrogen functional groups attached to an aromatic ring is 1. The van der Waals surface area contributed by atoms with Gasteiger partial charge in [0.15, 0.2) is 11.6 Å². The number of aromatic nitrogens is 1. The second-order valence-electron chi connectivity index (χ2n) is 3.96. The number of anilines is 1. The predicted molar refractivity (Wildman–Crippen MR) is 81.6 cm³/mol. The molecule has 0 radical (unpaired) electrons. The highest BCUT2D eigenvalue weighted by Crippen LogP contribution is 2.30. The van der Waals surface area contributed by atoms with Crippen LogP contribution in [0.1, 0.15) is 5.56 Å². The summed E-state index contributed by atoms with van der Waals surface area (Å²) in [5, 5.41) is 0. The fourth-order valence-corrected chi connectivity index (χ4v) is 1.57. The number of benzene rings is 1. The molecule has 22 heavy (non-hydrogen) atoms. The summed E-state index contributed by atoms with van der Waals surface area (Å²) in [7, 11) is 2.72. The quantitative estimate of drug-likeness (QED) is 0.695. The Morgan fingerprint density at radius 3 is 2.36 bits per heavy atom. The molecule has 0 fully saturated rings. The Hall–Kier alpha value is -3.07. The number of nitrogens with zero attached hydrogens (tertiary/aromatic N) is 1. The molecular formula is C16H15FN2O3. The Bertz CT molecular complexity index is 679. The van der Waals surface area contributed by atoms with Gasteiger partial charge in [-0.2, -0.15) is 0 Å². The van der Waals surface area contributed by atoms with Crippen molar-refractivity contribution in [3.63, 3.8) is 0 Å². The van der Waals surface area contributed by atoms with E-state index >= 15 is 0 Å². The van der Waals surface area contributed by atoms with Crippen LogP contribution in [0, 0.1) is 18.2 Å². The number of rotatable bonds is 3. The maximum Gasteiger partial charge on any atom is 0.292 e. The normalized spacial score (nSPS) is 9.00. The fourth-order valence-electron chi connectivity index (χ4n) is 1.57. The molecule has 0 aliphatic heterocycles. The van der Waals surface area contributed by atoms with Crippen molar-refractivity contribution in [1.82, 2.24) is 4.98 Å². The van der Waals surface area contributed by atoms with Gasteiger partial charge in [-0.05, 0) is 12.1 Å². The van der Waals surface area contributed by atoms with Gasteiger partial charge in [0.05, 0.1) is 20.4 Å². The molecule has 0 unspecified atom stereocenters. The lowest BCUT2D eigenvalue weighted by atomic mass is 10.1. The maximum atomic E-state index is 14.0. The molecule has 0 atom stereocenters. The van der Waals surface area contributed by atoms with Gasteiger partial charge < -0.3 is 15.2 Å². The summed E-state index contributed by atoms with van der Waals surface area (Å²) in [5.74, 6) is 2.12. The number of ether oxygens (including phenoxy) is 2. The van der Waals surface area contributed by atoms with Crippen molar-refractivity contribution in [2.75, 3.05) is 20.0 Å². The molecule has 5 nitrogen and oxygen atoms in total. The van der Waals surface area contributed by atoms with Crippen LogP contribution in [-0.2, 0) is 9.53 Å². The summed E-state index contributed by atoms with van der Waals surface area (Å²) in [6.07, 6.45) is 6.65. The van der Waals surface area contributed by atoms with Crippen molar-refractivity contribution in [3.05, 3.63) is 41.8 Å². The number of pyridine rings is 1. The second kappa shape index (κ2) is 8.27. The van der Waals surface area contributed by atoms with Crippen molar-refractivity contribution >= 4 is 12.2 Å². The third-order valence-electron chi connectivity index (χ3n) is 2.66. The van der Waals surface area contributed by atoms with E-state index < -0.39 is 5.82 Å². The molecule has 0 spiro atoms. The van der Waals surface area contributed by atoms with E-state index in [1.165, 1.54) is 20.4 Å². The molecule has 2 rings (SSSR count). The van der Waals surface area contributed by atoms with Crippen LogP contribution in [0.25, 0.3) is 11.3 Å². The summed E-state index contributed by atoms with van der Waals surface area (Å²) >= 11 is 0. The zero-order valence-electron chi connectivity index (χ0n) is 12.2. The van der Waals surface area contributed by atoms with Crippen molar-refractivity contribution in [2.45, 2.75) is 0 Å². The Morgan fingerprint density at radius 1 is 1.32 bits per heavy atom. The first-order valence-corrected chi connectivity index (χ1v) is 6.10. The number of carbonyl (C=O) groups is 1. The summed E-state index contributed by atoms with van der Waals surface area (Å²) in [4.78, 5) is 13.0.